The summed E-state index contributed by atoms with van der Waals surface area (Å²) in [6, 6.07) is 6.87. The van der Waals surface area contributed by atoms with Crippen LogP contribution >= 0.6 is 0 Å². The van der Waals surface area contributed by atoms with Crippen LogP contribution in [-0.4, -0.2) is 15.1 Å². The highest BCUT2D eigenvalue weighted by atomic mass is 16.3. The van der Waals surface area contributed by atoms with E-state index in [0.717, 1.165) is 5.56 Å². The van der Waals surface area contributed by atoms with Crippen molar-refractivity contribution in [2.24, 2.45) is 0 Å². The van der Waals surface area contributed by atoms with Gasteiger partial charge in [-0.2, -0.15) is 0 Å². The van der Waals surface area contributed by atoms with Crippen LogP contribution < -0.4 is 5.73 Å². The number of aromatic nitrogens is 2. The van der Waals surface area contributed by atoms with E-state index in [2.05, 4.69) is 9.97 Å². The van der Waals surface area contributed by atoms with E-state index in [-0.39, 0.29) is 5.75 Å². The van der Waals surface area contributed by atoms with Crippen molar-refractivity contribution in [1.82, 2.24) is 9.97 Å². The number of hydrogen-bond donors (Lipinski definition) is 2. The molecule has 0 aliphatic rings. The highest BCUT2D eigenvalue weighted by Gasteiger charge is 2.03. The summed E-state index contributed by atoms with van der Waals surface area (Å²) in [4.78, 5) is 8.30. The first kappa shape index (κ1) is 13.0. The maximum atomic E-state index is 9.33. The van der Waals surface area contributed by atoms with Crippen molar-refractivity contribution in [3.8, 4) is 17.0 Å². The van der Waals surface area contributed by atoms with E-state index < -0.39 is 0 Å². The minimum Gasteiger partial charge on any atom is -0.508 e. The minimum atomic E-state index is 0.212. The van der Waals surface area contributed by atoms with Gasteiger partial charge in [0.25, 0.3) is 0 Å². The predicted molar refractivity (Wildman–Crippen MR) is 69.6 cm³/mol. The summed E-state index contributed by atoms with van der Waals surface area (Å²) in [5.41, 5.74) is 7.80. The summed E-state index contributed by atoms with van der Waals surface area (Å²) >= 11 is 0. The zero-order chi connectivity index (χ0) is 12.8. The number of benzene rings is 1. The Morgan fingerprint density at radius 2 is 1.94 bits per heavy atom. The van der Waals surface area contributed by atoms with Gasteiger partial charge < -0.3 is 10.8 Å². The number of nitrogens with two attached hydrogens (primary N) is 1. The van der Waals surface area contributed by atoms with Crippen molar-refractivity contribution in [2.45, 2.75) is 20.8 Å². The Morgan fingerprint density at radius 3 is 2.53 bits per heavy atom. The lowest BCUT2D eigenvalue weighted by Gasteiger charge is -2.03. The van der Waals surface area contributed by atoms with Crippen molar-refractivity contribution in [1.29, 1.82) is 0 Å². The van der Waals surface area contributed by atoms with Crippen LogP contribution in [0.25, 0.3) is 11.3 Å². The smallest absolute Gasteiger partial charge is 0.144 e. The summed E-state index contributed by atoms with van der Waals surface area (Å²) in [6.07, 6.45) is 1.59. The third-order valence-electron chi connectivity index (χ3n) is 2.13. The second kappa shape index (κ2) is 5.84. The number of phenolic OH excluding ortho intramolecular Hbond substituents is 1. The average Bonchev–Trinajstić information content (AvgIpc) is 2.35. The first-order valence-electron chi connectivity index (χ1n) is 5.55. The lowest BCUT2D eigenvalue weighted by Crippen LogP contribution is -1.97. The van der Waals surface area contributed by atoms with Crippen LogP contribution in [0.5, 0.6) is 5.75 Å². The molecule has 0 aliphatic heterocycles. The van der Waals surface area contributed by atoms with Crippen LogP contribution in [0.3, 0.4) is 0 Å². The van der Waals surface area contributed by atoms with E-state index in [1.807, 2.05) is 19.9 Å². The molecule has 0 saturated heterocycles. The Kier molecular flexibility index (Phi) is 4.46. The van der Waals surface area contributed by atoms with Gasteiger partial charge >= 0.3 is 0 Å². The number of nitrogens with zero attached hydrogens (tertiary/aromatic N) is 2. The van der Waals surface area contributed by atoms with Crippen molar-refractivity contribution < 1.29 is 5.11 Å². The largest absolute Gasteiger partial charge is 0.508 e. The van der Waals surface area contributed by atoms with E-state index in [0.29, 0.717) is 17.2 Å². The van der Waals surface area contributed by atoms with E-state index >= 15 is 0 Å². The molecule has 0 unspecified atom stereocenters. The molecule has 1 heterocycles. The lowest BCUT2D eigenvalue weighted by molar-refractivity contribution is 0.475. The van der Waals surface area contributed by atoms with Gasteiger partial charge in [0.1, 0.15) is 11.6 Å². The topological polar surface area (TPSA) is 72.0 Å². The van der Waals surface area contributed by atoms with Gasteiger partial charge in [-0.25, -0.2) is 9.97 Å². The highest BCUT2D eigenvalue weighted by Crippen LogP contribution is 2.21. The summed E-state index contributed by atoms with van der Waals surface area (Å²) in [6.45, 7) is 5.80. The molecule has 2 rings (SSSR count). The summed E-state index contributed by atoms with van der Waals surface area (Å²) < 4.78 is 0. The maximum absolute atomic E-state index is 9.33. The molecule has 0 amide bonds. The Balaban J connectivity index is 0.000000686. The Hall–Kier alpha value is -2.10. The molecule has 1 aromatic carbocycles. The van der Waals surface area contributed by atoms with Gasteiger partial charge in [0.15, 0.2) is 0 Å². The molecule has 0 atom stereocenters. The van der Waals surface area contributed by atoms with Crippen LogP contribution in [0.15, 0.2) is 30.5 Å². The van der Waals surface area contributed by atoms with Crippen molar-refractivity contribution in [3.05, 3.63) is 36.2 Å². The number of hydrogen-bond acceptors (Lipinski definition) is 4. The van der Waals surface area contributed by atoms with E-state index in [9.17, 15) is 5.11 Å². The number of aromatic hydroxyl groups is 1. The summed E-state index contributed by atoms with van der Waals surface area (Å²) in [5, 5.41) is 9.33. The van der Waals surface area contributed by atoms with Gasteiger partial charge in [-0.15, -0.1) is 0 Å². The molecular formula is C13H17N3O. The Bertz CT molecular complexity index is 498. The number of aryl methyl sites for hydroxylation is 1. The number of anilines is 1. The first-order valence-corrected chi connectivity index (χ1v) is 5.55. The van der Waals surface area contributed by atoms with E-state index in [1.165, 1.54) is 0 Å². The molecule has 0 radical (unpaired) electrons. The summed E-state index contributed by atoms with van der Waals surface area (Å²) in [5.74, 6) is 0.641. The fourth-order valence-corrected chi connectivity index (χ4v) is 1.30. The quantitative estimate of drug-likeness (QED) is 0.791. The molecule has 4 nitrogen and oxygen atoms in total. The normalized spacial score (nSPS) is 9.35. The van der Waals surface area contributed by atoms with Crippen LogP contribution in [0.2, 0.25) is 0 Å². The van der Waals surface area contributed by atoms with Gasteiger partial charge in [-0.3, -0.25) is 0 Å². The van der Waals surface area contributed by atoms with Gasteiger partial charge in [0, 0.05) is 5.56 Å². The Labute approximate surface area is 101 Å². The fraction of sp³-hybridized carbons (Fsp3) is 0.231. The van der Waals surface area contributed by atoms with Crippen LogP contribution in [-0.2, 0) is 0 Å². The van der Waals surface area contributed by atoms with E-state index in [4.69, 9.17) is 5.73 Å². The molecule has 4 heteroatoms. The van der Waals surface area contributed by atoms with Crippen LogP contribution in [0.1, 0.15) is 19.5 Å². The Morgan fingerprint density at radius 1 is 1.24 bits per heavy atom. The third-order valence-corrected chi connectivity index (χ3v) is 2.13. The molecule has 0 fully saturated rings. The molecule has 2 aromatic rings. The molecule has 3 N–H and O–H groups in total. The van der Waals surface area contributed by atoms with Crippen molar-refractivity contribution >= 4 is 5.82 Å². The molecule has 0 spiro atoms. The molecular weight excluding hydrogens is 214 g/mol. The minimum absolute atomic E-state index is 0.212. The number of phenols is 1. The molecule has 0 aliphatic carbocycles. The SMILES string of the molecule is CC.Cc1nc(-c2cccc(O)c2)cnc1N. The van der Waals surface area contributed by atoms with Gasteiger partial charge in [0.2, 0.25) is 0 Å². The molecule has 0 saturated carbocycles. The average molecular weight is 231 g/mol. The second-order valence-electron chi connectivity index (χ2n) is 3.28. The van der Waals surface area contributed by atoms with Gasteiger partial charge in [-0.1, -0.05) is 26.0 Å². The molecule has 0 bridgehead atoms. The number of rotatable bonds is 1. The zero-order valence-corrected chi connectivity index (χ0v) is 10.3. The standard InChI is InChI=1S/C11H11N3O.C2H6/c1-7-11(12)13-6-10(14-7)8-3-2-4-9(15)5-8;1-2/h2-6,15H,1H3,(H2,12,13);1-2H3. The van der Waals surface area contributed by atoms with Crippen LogP contribution in [0.4, 0.5) is 5.82 Å². The molecule has 1 aromatic heterocycles. The third kappa shape index (κ3) is 3.17. The fourth-order valence-electron chi connectivity index (χ4n) is 1.30. The summed E-state index contributed by atoms with van der Waals surface area (Å²) in [7, 11) is 0. The van der Waals surface area contributed by atoms with E-state index in [1.54, 1.807) is 31.3 Å². The number of nitrogen functional groups attached to an aromatic ring is 1. The zero-order valence-electron chi connectivity index (χ0n) is 10.3. The molecule has 90 valence electrons. The van der Waals surface area contributed by atoms with Crippen molar-refractivity contribution in [3.63, 3.8) is 0 Å². The predicted octanol–water partition coefficient (Wildman–Crippen LogP) is 2.77. The van der Waals surface area contributed by atoms with Gasteiger partial charge in [-0.05, 0) is 19.1 Å². The highest BCUT2D eigenvalue weighted by molar-refractivity contribution is 5.61. The van der Waals surface area contributed by atoms with Crippen LogP contribution in [0, 0.1) is 6.92 Å². The monoisotopic (exact) mass is 231 g/mol. The lowest BCUT2D eigenvalue weighted by atomic mass is 10.1. The van der Waals surface area contributed by atoms with Crippen molar-refractivity contribution in [2.75, 3.05) is 5.73 Å². The van der Waals surface area contributed by atoms with Gasteiger partial charge in [0.05, 0.1) is 17.6 Å². The molecule has 17 heavy (non-hydrogen) atoms. The first-order chi connectivity index (χ1) is 8.16. The maximum Gasteiger partial charge on any atom is 0.144 e. The second-order valence-corrected chi connectivity index (χ2v) is 3.28.